The molecule has 2 heteroatoms. The fraction of sp³-hybridized carbons (Fsp3) is 0.286. The Kier molecular flexibility index (Phi) is 6.02. The van der Waals surface area contributed by atoms with Crippen molar-refractivity contribution in [3.63, 3.8) is 0 Å². The van der Waals surface area contributed by atoms with Gasteiger partial charge in [-0.15, -0.1) is 0 Å². The first-order valence-electron chi connectivity index (χ1n) is 5.22. The highest BCUT2D eigenvalue weighted by molar-refractivity contribution is 5.35. The number of aliphatic hydroxyl groups excluding tert-OH is 1. The fourth-order valence-corrected chi connectivity index (χ4v) is 1.10. The highest BCUT2D eigenvalue weighted by atomic mass is 16.5. The van der Waals surface area contributed by atoms with Gasteiger partial charge in [-0.05, 0) is 19.1 Å². The van der Waals surface area contributed by atoms with Crippen molar-refractivity contribution >= 4 is 0 Å². The van der Waals surface area contributed by atoms with E-state index in [1.807, 2.05) is 31.2 Å². The molecular weight excluding hydrogens is 200 g/mol. The molecule has 0 aromatic heterocycles. The van der Waals surface area contributed by atoms with Gasteiger partial charge >= 0.3 is 0 Å². The normalized spacial score (nSPS) is 10.1. The van der Waals surface area contributed by atoms with Crippen LogP contribution in [-0.4, -0.2) is 24.9 Å². The Balaban J connectivity index is 2.27. The Labute approximate surface area is 96.6 Å². The van der Waals surface area contributed by atoms with Crippen LogP contribution in [0.15, 0.2) is 36.4 Å². The van der Waals surface area contributed by atoms with E-state index in [-0.39, 0.29) is 6.61 Å². The van der Waals surface area contributed by atoms with E-state index in [4.69, 9.17) is 9.84 Å². The molecule has 0 atom stereocenters. The first-order chi connectivity index (χ1) is 7.83. The lowest BCUT2D eigenvalue weighted by Gasteiger charge is -1.93. The predicted octanol–water partition coefficient (Wildman–Crippen LogP) is 1.91. The van der Waals surface area contributed by atoms with Gasteiger partial charge < -0.3 is 9.84 Å². The summed E-state index contributed by atoms with van der Waals surface area (Å²) in [7, 11) is 0. The lowest BCUT2D eigenvalue weighted by molar-refractivity contribution is 0.198. The zero-order valence-corrected chi connectivity index (χ0v) is 9.44. The van der Waals surface area contributed by atoms with Crippen LogP contribution in [0.3, 0.4) is 0 Å². The van der Waals surface area contributed by atoms with Crippen LogP contribution in [0.25, 0.3) is 0 Å². The summed E-state index contributed by atoms with van der Waals surface area (Å²) in [6, 6.07) is 8.06. The monoisotopic (exact) mass is 216 g/mol. The van der Waals surface area contributed by atoms with Gasteiger partial charge in [-0.25, -0.2) is 0 Å². The number of aryl methyl sites for hydroxylation is 1. The van der Waals surface area contributed by atoms with Crippen molar-refractivity contribution in [3.05, 3.63) is 47.5 Å². The third-order valence-corrected chi connectivity index (χ3v) is 1.94. The number of aliphatic hydroxyl groups is 1. The highest BCUT2D eigenvalue weighted by Crippen LogP contribution is 2.00. The molecule has 0 aliphatic rings. The van der Waals surface area contributed by atoms with Crippen LogP contribution in [0.5, 0.6) is 0 Å². The molecule has 0 saturated heterocycles. The number of rotatable bonds is 4. The van der Waals surface area contributed by atoms with Crippen molar-refractivity contribution in [1.82, 2.24) is 0 Å². The Morgan fingerprint density at radius 3 is 2.69 bits per heavy atom. The van der Waals surface area contributed by atoms with Crippen LogP contribution in [0.2, 0.25) is 0 Å². The van der Waals surface area contributed by atoms with E-state index in [0.29, 0.717) is 13.2 Å². The number of benzene rings is 1. The highest BCUT2D eigenvalue weighted by Gasteiger charge is 1.85. The van der Waals surface area contributed by atoms with E-state index in [0.717, 1.165) is 5.56 Å². The molecular formula is C14H16O2. The molecule has 1 N–H and O–H groups in total. The number of hydrogen-bond acceptors (Lipinski definition) is 2. The molecule has 0 radical (unpaired) electrons. The molecule has 0 unspecified atom stereocenters. The quantitative estimate of drug-likeness (QED) is 0.473. The van der Waals surface area contributed by atoms with E-state index in [2.05, 4.69) is 11.8 Å². The second-order valence-corrected chi connectivity index (χ2v) is 3.34. The van der Waals surface area contributed by atoms with Gasteiger partial charge in [0.15, 0.2) is 0 Å². The van der Waals surface area contributed by atoms with Gasteiger partial charge in [0.05, 0.1) is 13.2 Å². The minimum absolute atomic E-state index is 0.0540. The molecule has 1 rings (SSSR count). The Bertz CT molecular complexity index is 379. The van der Waals surface area contributed by atoms with Crippen LogP contribution >= 0.6 is 0 Å². The third-order valence-electron chi connectivity index (χ3n) is 1.94. The molecule has 0 aliphatic carbocycles. The molecule has 16 heavy (non-hydrogen) atoms. The average Bonchev–Trinajstić information content (AvgIpc) is 2.30. The maximum absolute atomic E-state index is 8.47. The molecule has 0 amide bonds. The van der Waals surface area contributed by atoms with Gasteiger partial charge in [0, 0.05) is 5.56 Å². The minimum Gasteiger partial charge on any atom is -0.392 e. The van der Waals surface area contributed by atoms with Crippen LogP contribution < -0.4 is 0 Å². The first kappa shape index (κ1) is 12.5. The maximum atomic E-state index is 8.47. The zero-order chi connectivity index (χ0) is 11.6. The maximum Gasteiger partial charge on any atom is 0.108 e. The van der Waals surface area contributed by atoms with Gasteiger partial charge in [-0.3, -0.25) is 0 Å². The average molecular weight is 216 g/mol. The van der Waals surface area contributed by atoms with Crippen LogP contribution in [-0.2, 0) is 4.74 Å². The van der Waals surface area contributed by atoms with Gasteiger partial charge in [0.25, 0.3) is 0 Å². The molecule has 0 bridgehead atoms. The van der Waals surface area contributed by atoms with Gasteiger partial charge in [-0.1, -0.05) is 41.7 Å². The van der Waals surface area contributed by atoms with E-state index in [1.54, 1.807) is 12.2 Å². The molecule has 0 aliphatic heterocycles. The van der Waals surface area contributed by atoms with E-state index >= 15 is 0 Å². The number of ether oxygens (including phenoxy) is 1. The van der Waals surface area contributed by atoms with Gasteiger partial charge in [0.1, 0.15) is 6.61 Å². The van der Waals surface area contributed by atoms with Crippen molar-refractivity contribution in [3.8, 4) is 11.8 Å². The van der Waals surface area contributed by atoms with Gasteiger partial charge in [-0.2, -0.15) is 0 Å². The van der Waals surface area contributed by atoms with Crippen LogP contribution in [0.1, 0.15) is 11.1 Å². The Hall–Kier alpha value is -1.56. The minimum atomic E-state index is 0.0540. The first-order valence-corrected chi connectivity index (χ1v) is 5.22. The van der Waals surface area contributed by atoms with E-state index in [1.165, 1.54) is 5.56 Å². The summed E-state index contributed by atoms with van der Waals surface area (Å²) in [6.45, 7) is 3.00. The van der Waals surface area contributed by atoms with Crippen molar-refractivity contribution < 1.29 is 9.84 Å². The summed E-state index contributed by atoms with van der Waals surface area (Å²) in [6.07, 6.45) is 3.42. The summed E-state index contributed by atoms with van der Waals surface area (Å²) >= 11 is 0. The van der Waals surface area contributed by atoms with Crippen molar-refractivity contribution in [1.29, 1.82) is 0 Å². The Morgan fingerprint density at radius 2 is 2.00 bits per heavy atom. The molecule has 0 fully saturated rings. The molecule has 0 spiro atoms. The van der Waals surface area contributed by atoms with E-state index in [9.17, 15) is 0 Å². The second-order valence-electron chi connectivity index (χ2n) is 3.34. The van der Waals surface area contributed by atoms with Crippen molar-refractivity contribution in [2.24, 2.45) is 0 Å². The largest absolute Gasteiger partial charge is 0.392 e. The second kappa shape index (κ2) is 7.70. The predicted molar refractivity (Wildman–Crippen MR) is 65.1 cm³/mol. The third kappa shape index (κ3) is 5.35. The standard InChI is InChI=1S/C14H16O2/c1-13-6-8-14(9-7-13)5-4-12-16-11-3-2-10-15/h2-3,6-9,15H,10-12H2,1H3/b3-2-. The molecule has 84 valence electrons. The lowest BCUT2D eigenvalue weighted by atomic mass is 10.2. The molecule has 1 aromatic carbocycles. The van der Waals surface area contributed by atoms with Gasteiger partial charge in [0.2, 0.25) is 0 Å². The summed E-state index contributed by atoms with van der Waals surface area (Å²) in [5.41, 5.74) is 2.23. The summed E-state index contributed by atoms with van der Waals surface area (Å²) < 4.78 is 5.21. The van der Waals surface area contributed by atoms with E-state index < -0.39 is 0 Å². The summed E-state index contributed by atoms with van der Waals surface area (Å²) in [5, 5.41) is 8.47. The fourth-order valence-electron chi connectivity index (χ4n) is 1.10. The lowest BCUT2D eigenvalue weighted by Crippen LogP contribution is -1.91. The molecule has 1 aromatic rings. The molecule has 2 nitrogen and oxygen atoms in total. The number of hydrogen-bond donors (Lipinski definition) is 1. The molecule has 0 saturated carbocycles. The SMILES string of the molecule is Cc1ccc(C#CCOC/C=C\CO)cc1. The van der Waals surface area contributed by atoms with Crippen LogP contribution in [0.4, 0.5) is 0 Å². The van der Waals surface area contributed by atoms with Crippen molar-refractivity contribution in [2.75, 3.05) is 19.8 Å². The Morgan fingerprint density at radius 1 is 1.25 bits per heavy atom. The van der Waals surface area contributed by atoms with Crippen molar-refractivity contribution in [2.45, 2.75) is 6.92 Å². The van der Waals surface area contributed by atoms with Crippen LogP contribution in [0, 0.1) is 18.8 Å². The topological polar surface area (TPSA) is 29.5 Å². The summed E-state index contributed by atoms with van der Waals surface area (Å²) in [5.74, 6) is 5.94. The summed E-state index contributed by atoms with van der Waals surface area (Å²) in [4.78, 5) is 0. The smallest absolute Gasteiger partial charge is 0.108 e. The molecule has 0 heterocycles. The zero-order valence-electron chi connectivity index (χ0n) is 9.44.